The van der Waals surface area contributed by atoms with Crippen molar-refractivity contribution in [1.82, 2.24) is 5.32 Å². The SMILES string of the molecule is Cc1c(Cl)cc(S(=O)(=O)Cl)cc1C(=O)NCCS(C)=O. The summed E-state index contributed by atoms with van der Waals surface area (Å²) in [6.45, 7) is 1.82. The van der Waals surface area contributed by atoms with Crippen LogP contribution in [0.3, 0.4) is 0 Å². The van der Waals surface area contributed by atoms with Gasteiger partial charge in [-0.05, 0) is 24.6 Å². The first kappa shape index (κ1) is 17.4. The quantitative estimate of drug-likeness (QED) is 0.813. The molecule has 0 radical (unpaired) electrons. The molecular formula is C11H13Cl2NO4S2. The maximum Gasteiger partial charge on any atom is 0.261 e. The molecule has 0 aromatic heterocycles. The van der Waals surface area contributed by atoms with Gasteiger partial charge in [-0.3, -0.25) is 9.00 Å². The molecule has 0 saturated carbocycles. The van der Waals surface area contributed by atoms with Crippen LogP contribution < -0.4 is 5.32 Å². The van der Waals surface area contributed by atoms with Crippen LogP contribution >= 0.6 is 22.3 Å². The largest absolute Gasteiger partial charge is 0.351 e. The summed E-state index contributed by atoms with van der Waals surface area (Å²) in [6, 6.07) is 2.36. The highest BCUT2D eigenvalue weighted by molar-refractivity contribution is 8.13. The molecule has 1 N–H and O–H groups in total. The first-order valence-electron chi connectivity index (χ1n) is 5.46. The fourth-order valence-electron chi connectivity index (χ4n) is 1.43. The van der Waals surface area contributed by atoms with Crippen LogP contribution in [-0.4, -0.2) is 37.1 Å². The Morgan fingerprint density at radius 2 is 2.00 bits per heavy atom. The molecule has 0 aliphatic carbocycles. The van der Waals surface area contributed by atoms with E-state index in [0.29, 0.717) is 11.3 Å². The molecule has 0 saturated heterocycles. The van der Waals surface area contributed by atoms with Gasteiger partial charge in [0.1, 0.15) is 0 Å². The number of carbonyl (C=O) groups excluding carboxylic acids is 1. The number of benzene rings is 1. The van der Waals surface area contributed by atoms with Gasteiger partial charge in [0.2, 0.25) is 0 Å². The van der Waals surface area contributed by atoms with Crippen molar-refractivity contribution in [3.05, 3.63) is 28.3 Å². The highest BCUT2D eigenvalue weighted by atomic mass is 35.7. The molecule has 0 heterocycles. The van der Waals surface area contributed by atoms with Crippen molar-refractivity contribution < 1.29 is 17.4 Å². The number of nitrogens with one attached hydrogen (secondary N) is 1. The van der Waals surface area contributed by atoms with Crippen LogP contribution in [0.5, 0.6) is 0 Å². The van der Waals surface area contributed by atoms with E-state index in [1.165, 1.54) is 18.4 Å². The minimum absolute atomic E-state index is 0.124. The first-order valence-corrected chi connectivity index (χ1v) is 9.87. The molecule has 0 spiro atoms. The lowest BCUT2D eigenvalue weighted by Crippen LogP contribution is -2.28. The molecule has 112 valence electrons. The number of halogens is 2. The lowest BCUT2D eigenvalue weighted by Gasteiger charge is -2.10. The van der Waals surface area contributed by atoms with Gasteiger partial charge >= 0.3 is 0 Å². The Labute approximate surface area is 129 Å². The molecule has 0 aliphatic heterocycles. The summed E-state index contributed by atoms with van der Waals surface area (Å²) < 4.78 is 33.5. The summed E-state index contributed by atoms with van der Waals surface area (Å²) in [5, 5.41) is 2.68. The van der Waals surface area contributed by atoms with Crippen LogP contribution in [0.2, 0.25) is 5.02 Å². The Bertz CT molecular complexity index is 659. The number of rotatable bonds is 5. The summed E-state index contributed by atoms with van der Waals surface area (Å²) in [6.07, 6.45) is 1.52. The summed E-state index contributed by atoms with van der Waals surface area (Å²) in [5.41, 5.74) is 0.574. The van der Waals surface area contributed by atoms with Gasteiger partial charge in [0, 0.05) is 50.6 Å². The fourth-order valence-corrected chi connectivity index (χ4v) is 2.89. The lowest BCUT2D eigenvalue weighted by atomic mass is 10.1. The third kappa shape index (κ3) is 4.73. The van der Waals surface area contributed by atoms with Gasteiger partial charge in [-0.25, -0.2) is 8.42 Å². The number of carbonyl (C=O) groups is 1. The fraction of sp³-hybridized carbons (Fsp3) is 0.364. The number of hydrogen-bond donors (Lipinski definition) is 1. The molecule has 1 aromatic rings. The minimum atomic E-state index is -3.97. The maximum absolute atomic E-state index is 12.0. The van der Waals surface area contributed by atoms with Gasteiger partial charge in [0.25, 0.3) is 15.0 Å². The zero-order chi connectivity index (χ0) is 15.5. The van der Waals surface area contributed by atoms with Crippen LogP contribution in [0.1, 0.15) is 15.9 Å². The molecule has 20 heavy (non-hydrogen) atoms. The molecule has 1 atom stereocenters. The molecule has 0 fully saturated rings. The number of hydrogen-bond acceptors (Lipinski definition) is 4. The van der Waals surface area contributed by atoms with Crippen molar-refractivity contribution in [2.75, 3.05) is 18.6 Å². The van der Waals surface area contributed by atoms with Gasteiger partial charge in [-0.1, -0.05) is 11.6 Å². The van der Waals surface area contributed by atoms with Crippen molar-refractivity contribution in [2.45, 2.75) is 11.8 Å². The van der Waals surface area contributed by atoms with E-state index in [9.17, 15) is 17.4 Å². The molecule has 1 aromatic carbocycles. The third-order valence-corrected chi connectivity index (χ3v) is 5.02. The lowest BCUT2D eigenvalue weighted by molar-refractivity contribution is 0.0955. The average Bonchev–Trinajstić information content (AvgIpc) is 2.30. The van der Waals surface area contributed by atoms with Crippen LogP contribution in [0.4, 0.5) is 0 Å². The second-order valence-corrected chi connectivity index (χ2v) is 8.58. The molecule has 1 rings (SSSR count). The molecule has 1 unspecified atom stereocenters. The highest BCUT2D eigenvalue weighted by Crippen LogP contribution is 2.26. The Balaban J connectivity index is 3.08. The second-order valence-electron chi connectivity index (χ2n) is 4.05. The zero-order valence-corrected chi connectivity index (χ0v) is 13.9. The van der Waals surface area contributed by atoms with Gasteiger partial charge in [0.05, 0.1) is 4.90 Å². The smallest absolute Gasteiger partial charge is 0.261 e. The highest BCUT2D eigenvalue weighted by Gasteiger charge is 2.18. The monoisotopic (exact) mass is 357 g/mol. The Kier molecular flexibility index (Phi) is 6.00. The van der Waals surface area contributed by atoms with Crippen LogP contribution in [0, 0.1) is 6.92 Å². The van der Waals surface area contributed by atoms with E-state index in [1.54, 1.807) is 6.92 Å². The predicted octanol–water partition coefficient (Wildman–Crippen LogP) is 1.68. The summed E-state index contributed by atoms with van der Waals surface area (Å²) in [4.78, 5) is 11.7. The maximum atomic E-state index is 12.0. The molecule has 1 amide bonds. The van der Waals surface area contributed by atoms with E-state index in [0.717, 1.165) is 0 Å². The van der Waals surface area contributed by atoms with E-state index < -0.39 is 25.8 Å². The molecule has 5 nitrogen and oxygen atoms in total. The zero-order valence-electron chi connectivity index (χ0n) is 10.8. The van der Waals surface area contributed by atoms with Crippen molar-refractivity contribution in [3.63, 3.8) is 0 Å². The van der Waals surface area contributed by atoms with Gasteiger partial charge < -0.3 is 5.32 Å². The normalized spacial score (nSPS) is 13.0. The molecule has 0 bridgehead atoms. The summed E-state index contributed by atoms with van der Waals surface area (Å²) in [5.74, 6) is -0.177. The van der Waals surface area contributed by atoms with Crippen molar-refractivity contribution in [1.29, 1.82) is 0 Å². The van der Waals surface area contributed by atoms with E-state index >= 15 is 0 Å². The van der Waals surface area contributed by atoms with Crippen molar-refractivity contribution >= 4 is 48.0 Å². The van der Waals surface area contributed by atoms with E-state index in [2.05, 4.69) is 5.32 Å². The number of amides is 1. The van der Waals surface area contributed by atoms with E-state index in [4.69, 9.17) is 22.3 Å². The van der Waals surface area contributed by atoms with E-state index in [1.807, 2.05) is 0 Å². The van der Waals surface area contributed by atoms with Gasteiger partial charge in [-0.15, -0.1) is 0 Å². The van der Waals surface area contributed by atoms with Crippen LogP contribution in [-0.2, 0) is 19.9 Å². The molecule has 0 aliphatic rings. The average molecular weight is 358 g/mol. The summed E-state index contributed by atoms with van der Waals surface area (Å²) in [7, 11) is 0.250. The third-order valence-electron chi connectivity index (χ3n) is 2.52. The van der Waals surface area contributed by atoms with Crippen molar-refractivity contribution in [2.24, 2.45) is 0 Å². The van der Waals surface area contributed by atoms with Crippen LogP contribution in [0.25, 0.3) is 0 Å². The van der Waals surface area contributed by atoms with Gasteiger partial charge in [0.15, 0.2) is 0 Å². The Morgan fingerprint density at radius 3 is 2.50 bits per heavy atom. The van der Waals surface area contributed by atoms with Crippen molar-refractivity contribution in [3.8, 4) is 0 Å². The Hall–Kier alpha value is -0.630. The van der Waals surface area contributed by atoms with E-state index in [-0.39, 0.29) is 22.0 Å². The topological polar surface area (TPSA) is 80.3 Å². The standard InChI is InChI=1S/C11H13Cl2NO4S2/c1-7-9(11(15)14-3-4-19(2)16)5-8(6-10(7)12)20(13,17)18/h5-6H,3-4H2,1-2H3,(H,14,15). The Morgan fingerprint density at radius 1 is 1.40 bits per heavy atom. The van der Waals surface area contributed by atoms with Crippen LogP contribution in [0.15, 0.2) is 17.0 Å². The summed E-state index contributed by atoms with van der Waals surface area (Å²) >= 11 is 5.90. The molecule has 9 heteroatoms. The second kappa shape index (κ2) is 6.89. The molecular weight excluding hydrogens is 345 g/mol. The predicted molar refractivity (Wildman–Crippen MR) is 80.5 cm³/mol. The minimum Gasteiger partial charge on any atom is -0.351 e. The van der Waals surface area contributed by atoms with Gasteiger partial charge in [-0.2, -0.15) is 0 Å². The first-order chi connectivity index (χ1) is 9.12.